The molecule has 0 bridgehead atoms. The van der Waals surface area contributed by atoms with Crippen LogP contribution in [-0.2, 0) is 4.74 Å². The lowest BCUT2D eigenvalue weighted by atomic mass is 9.83. The zero-order chi connectivity index (χ0) is 10.5. The number of nitrogens with one attached hydrogen (secondary N) is 1. The van der Waals surface area contributed by atoms with E-state index in [0.717, 1.165) is 32.2 Å². The Morgan fingerprint density at radius 1 is 1.40 bits per heavy atom. The fourth-order valence-electron chi connectivity index (χ4n) is 2.39. The number of hydrogen-bond acceptors (Lipinski definition) is 3. The number of likely N-dealkylation sites (N-methyl/N-ethyl adjacent to an activating group) is 1. The summed E-state index contributed by atoms with van der Waals surface area (Å²) in [4.78, 5) is 2.45. The SMILES string of the molecule is CN(CCC1CCC1)CC1COCCN1. The van der Waals surface area contributed by atoms with Crippen molar-refractivity contribution < 1.29 is 4.74 Å². The highest BCUT2D eigenvalue weighted by molar-refractivity contribution is 4.75. The fraction of sp³-hybridized carbons (Fsp3) is 1.00. The maximum Gasteiger partial charge on any atom is 0.0632 e. The Morgan fingerprint density at radius 2 is 2.27 bits per heavy atom. The molecular formula is C12H24N2O. The Hall–Kier alpha value is -0.120. The summed E-state index contributed by atoms with van der Waals surface area (Å²) in [5.41, 5.74) is 0. The van der Waals surface area contributed by atoms with E-state index in [1.165, 1.54) is 32.2 Å². The molecule has 1 heterocycles. The Morgan fingerprint density at radius 3 is 2.87 bits per heavy atom. The summed E-state index contributed by atoms with van der Waals surface area (Å²) in [7, 11) is 2.23. The molecule has 0 amide bonds. The van der Waals surface area contributed by atoms with Crippen LogP contribution in [0.5, 0.6) is 0 Å². The molecule has 0 aromatic rings. The zero-order valence-corrected chi connectivity index (χ0v) is 9.87. The van der Waals surface area contributed by atoms with Gasteiger partial charge in [0.1, 0.15) is 0 Å². The molecular weight excluding hydrogens is 188 g/mol. The van der Waals surface area contributed by atoms with Crippen molar-refractivity contribution in [2.24, 2.45) is 5.92 Å². The van der Waals surface area contributed by atoms with Gasteiger partial charge in [-0.15, -0.1) is 0 Å². The van der Waals surface area contributed by atoms with Gasteiger partial charge in [-0.2, -0.15) is 0 Å². The Labute approximate surface area is 93.2 Å². The molecule has 1 aliphatic heterocycles. The second-order valence-electron chi connectivity index (χ2n) is 5.07. The highest BCUT2D eigenvalue weighted by Crippen LogP contribution is 2.29. The average Bonchev–Trinajstić information content (AvgIpc) is 2.17. The van der Waals surface area contributed by atoms with Gasteiger partial charge in [-0.25, -0.2) is 0 Å². The minimum Gasteiger partial charge on any atom is -0.378 e. The highest BCUT2D eigenvalue weighted by atomic mass is 16.5. The number of nitrogens with zero attached hydrogens (tertiary/aromatic N) is 1. The van der Waals surface area contributed by atoms with Crippen LogP contribution in [-0.4, -0.2) is 50.8 Å². The molecule has 88 valence electrons. The van der Waals surface area contributed by atoms with E-state index in [4.69, 9.17) is 4.74 Å². The van der Waals surface area contributed by atoms with Crippen molar-refractivity contribution in [1.82, 2.24) is 10.2 Å². The number of morpholine rings is 1. The van der Waals surface area contributed by atoms with Crippen molar-refractivity contribution in [3.05, 3.63) is 0 Å². The lowest BCUT2D eigenvalue weighted by molar-refractivity contribution is 0.0641. The second-order valence-corrected chi connectivity index (χ2v) is 5.07. The smallest absolute Gasteiger partial charge is 0.0632 e. The summed E-state index contributed by atoms with van der Waals surface area (Å²) in [6.45, 7) is 5.16. The first-order chi connectivity index (χ1) is 7.34. The standard InChI is InChI=1S/C12H24N2O/c1-14(7-5-11-3-2-4-11)9-12-10-15-8-6-13-12/h11-13H,2-10H2,1H3. The van der Waals surface area contributed by atoms with Crippen molar-refractivity contribution >= 4 is 0 Å². The maximum atomic E-state index is 5.45. The Balaban J connectivity index is 1.56. The van der Waals surface area contributed by atoms with Gasteiger partial charge < -0.3 is 15.0 Å². The van der Waals surface area contributed by atoms with Gasteiger partial charge in [0.25, 0.3) is 0 Å². The summed E-state index contributed by atoms with van der Waals surface area (Å²) >= 11 is 0. The molecule has 3 heteroatoms. The Kier molecular flexibility index (Phi) is 4.42. The van der Waals surface area contributed by atoms with Crippen molar-refractivity contribution in [3.63, 3.8) is 0 Å². The third-order valence-electron chi connectivity index (χ3n) is 3.67. The van der Waals surface area contributed by atoms with Crippen molar-refractivity contribution in [2.45, 2.75) is 31.7 Å². The zero-order valence-electron chi connectivity index (χ0n) is 9.87. The van der Waals surface area contributed by atoms with Gasteiger partial charge in [-0.3, -0.25) is 0 Å². The van der Waals surface area contributed by atoms with Crippen LogP contribution < -0.4 is 5.32 Å². The van der Waals surface area contributed by atoms with Crippen LogP contribution in [0.2, 0.25) is 0 Å². The molecule has 1 unspecified atom stereocenters. The fourth-order valence-corrected chi connectivity index (χ4v) is 2.39. The van der Waals surface area contributed by atoms with Crippen LogP contribution in [0.1, 0.15) is 25.7 Å². The first-order valence-electron chi connectivity index (χ1n) is 6.34. The van der Waals surface area contributed by atoms with E-state index in [9.17, 15) is 0 Å². The quantitative estimate of drug-likeness (QED) is 0.738. The van der Waals surface area contributed by atoms with Crippen molar-refractivity contribution in [3.8, 4) is 0 Å². The van der Waals surface area contributed by atoms with E-state index in [1.54, 1.807) is 0 Å². The van der Waals surface area contributed by atoms with E-state index < -0.39 is 0 Å². The molecule has 1 saturated heterocycles. The first-order valence-corrected chi connectivity index (χ1v) is 6.34. The normalized spacial score (nSPS) is 28.0. The average molecular weight is 212 g/mol. The van der Waals surface area contributed by atoms with Crippen LogP contribution in [0.15, 0.2) is 0 Å². The molecule has 2 aliphatic rings. The molecule has 0 aromatic heterocycles. The van der Waals surface area contributed by atoms with Crippen molar-refractivity contribution in [2.75, 3.05) is 39.9 Å². The van der Waals surface area contributed by atoms with Crippen LogP contribution in [0.3, 0.4) is 0 Å². The van der Waals surface area contributed by atoms with Crippen molar-refractivity contribution in [1.29, 1.82) is 0 Å². The van der Waals surface area contributed by atoms with Crippen LogP contribution in [0, 0.1) is 5.92 Å². The molecule has 1 saturated carbocycles. The predicted molar refractivity (Wildman–Crippen MR) is 62.1 cm³/mol. The highest BCUT2D eigenvalue weighted by Gasteiger charge is 2.19. The van der Waals surface area contributed by atoms with Gasteiger partial charge in [0.15, 0.2) is 0 Å². The molecule has 3 nitrogen and oxygen atoms in total. The molecule has 1 atom stereocenters. The van der Waals surface area contributed by atoms with Gasteiger partial charge in [0, 0.05) is 19.1 Å². The van der Waals surface area contributed by atoms with Gasteiger partial charge in [-0.05, 0) is 25.9 Å². The van der Waals surface area contributed by atoms with Crippen LogP contribution in [0.25, 0.3) is 0 Å². The molecule has 0 spiro atoms. The molecule has 2 fully saturated rings. The minimum atomic E-state index is 0.546. The van der Waals surface area contributed by atoms with Gasteiger partial charge in [0.2, 0.25) is 0 Å². The molecule has 0 radical (unpaired) electrons. The topological polar surface area (TPSA) is 24.5 Å². The largest absolute Gasteiger partial charge is 0.378 e. The molecule has 15 heavy (non-hydrogen) atoms. The number of hydrogen-bond donors (Lipinski definition) is 1. The maximum absolute atomic E-state index is 5.45. The molecule has 0 aromatic carbocycles. The lowest BCUT2D eigenvalue weighted by Gasteiger charge is -2.31. The minimum absolute atomic E-state index is 0.546. The summed E-state index contributed by atoms with van der Waals surface area (Å²) in [6, 6.07) is 0.546. The Bertz CT molecular complexity index is 176. The van der Waals surface area contributed by atoms with E-state index in [2.05, 4.69) is 17.3 Å². The monoisotopic (exact) mass is 212 g/mol. The summed E-state index contributed by atoms with van der Waals surface area (Å²) < 4.78 is 5.45. The third-order valence-corrected chi connectivity index (χ3v) is 3.67. The second kappa shape index (κ2) is 5.83. The summed E-state index contributed by atoms with van der Waals surface area (Å²) in [5.74, 6) is 1.03. The first kappa shape index (κ1) is 11.4. The van der Waals surface area contributed by atoms with Gasteiger partial charge in [-0.1, -0.05) is 19.3 Å². The van der Waals surface area contributed by atoms with E-state index in [-0.39, 0.29) is 0 Å². The molecule has 1 N–H and O–H groups in total. The van der Waals surface area contributed by atoms with E-state index in [0.29, 0.717) is 6.04 Å². The van der Waals surface area contributed by atoms with Gasteiger partial charge in [0.05, 0.1) is 13.2 Å². The van der Waals surface area contributed by atoms with Gasteiger partial charge >= 0.3 is 0 Å². The van der Waals surface area contributed by atoms with Crippen LogP contribution >= 0.6 is 0 Å². The van der Waals surface area contributed by atoms with E-state index >= 15 is 0 Å². The summed E-state index contributed by atoms with van der Waals surface area (Å²) in [5, 5.41) is 3.50. The number of rotatable bonds is 5. The third kappa shape index (κ3) is 3.74. The summed E-state index contributed by atoms with van der Waals surface area (Å²) in [6.07, 6.45) is 5.80. The van der Waals surface area contributed by atoms with E-state index in [1.807, 2.05) is 0 Å². The number of ether oxygens (including phenoxy) is 1. The van der Waals surface area contributed by atoms with Crippen LogP contribution in [0.4, 0.5) is 0 Å². The molecule has 1 aliphatic carbocycles. The predicted octanol–water partition coefficient (Wildman–Crippen LogP) is 1.10. The lowest BCUT2D eigenvalue weighted by Crippen LogP contribution is -2.47. The molecule has 2 rings (SSSR count).